The van der Waals surface area contributed by atoms with Crippen LogP contribution in [-0.4, -0.2) is 30.1 Å². The van der Waals surface area contributed by atoms with E-state index in [1.807, 2.05) is 0 Å². The Morgan fingerprint density at radius 1 is 1.59 bits per heavy atom. The summed E-state index contributed by atoms with van der Waals surface area (Å²) < 4.78 is 5.36. The van der Waals surface area contributed by atoms with Crippen molar-refractivity contribution in [2.45, 2.75) is 13.0 Å². The van der Waals surface area contributed by atoms with Gasteiger partial charge >= 0.3 is 0 Å². The van der Waals surface area contributed by atoms with E-state index in [4.69, 9.17) is 10.5 Å². The van der Waals surface area contributed by atoms with Crippen LogP contribution in [-0.2, 0) is 4.79 Å². The molecule has 1 atom stereocenters. The van der Waals surface area contributed by atoms with Crippen LogP contribution in [0.4, 0.5) is 0 Å². The van der Waals surface area contributed by atoms with Crippen molar-refractivity contribution >= 4 is 30.7 Å². The molecule has 1 heterocycles. The summed E-state index contributed by atoms with van der Waals surface area (Å²) in [6, 6.07) is 3.50. The van der Waals surface area contributed by atoms with Gasteiger partial charge in [-0.05, 0) is 19.1 Å². The Hall–Kier alpha value is -1.04. The van der Waals surface area contributed by atoms with Crippen molar-refractivity contribution < 1.29 is 9.53 Å². The molecule has 0 bridgehead atoms. The summed E-state index contributed by atoms with van der Waals surface area (Å²) in [6.07, 6.45) is 2.67. The van der Waals surface area contributed by atoms with Gasteiger partial charge in [-0.25, -0.2) is 0 Å². The van der Waals surface area contributed by atoms with Gasteiger partial charge in [-0.3, -0.25) is 9.78 Å². The van der Waals surface area contributed by atoms with E-state index in [0.717, 1.165) is 0 Å². The Kier molecular flexibility index (Phi) is 10.9. The predicted octanol–water partition coefficient (Wildman–Crippen LogP) is 0.767. The van der Waals surface area contributed by atoms with Gasteiger partial charge in [0.25, 0.3) is 5.91 Å². The molecule has 0 spiro atoms. The third kappa shape index (κ3) is 6.99. The quantitative estimate of drug-likeness (QED) is 0.836. The van der Waals surface area contributed by atoms with Crippen LogP contribution >= 0.6 is 24.8 Å². The highest BCUT2D eigenvalue weighted by Gasteiger charge is 2.13. The van der Waals surface area contributed by atoms with Crippen LogP contribution in [0.2, 0.25) is 0 Å². The van der Waals surface area contributed by atoms with Gasteiger partial charge in [0.15, 0.2) is 6.10 Å². The van der Waals surface area contributed by atoms with Gasteiger partial charge in [-0.1, -0.05) is 0 Å². The van der Waals surface area contributed by atoms with Gasteiger partial charge < -0.3 is 15.8 Å². The zero-order chi connectivity index (χ0) is 11.1. The summed E-state index contributed by atoms with van der Waals surface area (Å²) in [5, 5.41) is 2.64. The molecule has 1 amide bonds. The molecule has 1 rings (SSSR count). The molecule has 0 radical (unpaired) electrons. The Bertz CT molecular complexity index is 312. The fourth-order valence-corrected chi connectivity index (χ4v) is 1.01. The highest BCUT2D eigenvalue weighted by Crippen LogP contribution is 2.08. The zero-order valence-corrected chi connectivity index (χ0v) is 11.1. The predicted molar refractivity (Wildman–Crippen MR) is 70.9 cm³/mol. The molecule has 98 valence electrons. The van der Waals surface area contributed by atoms with Crippen molar-refractivity contribution in [2.24, 2.45) is 5.73 Å². The number of nitrogens with zero attached hydrogens (tertiary/aromatic N) is 1. The number of hydrogen-bond donors (Lipinski definition) is 2. The lowest BCUT2D eigenvalue weighted by molar-refractivity contribution is -0.127. The average molecular weight is 282 g/mol. The molecule has 0 fully saturated rings. The normalized spacial score (nSPS) is 10.5. The van der Waals surface area contributed by atoms with Crippen LogP contribution in [0.3, 0.4) is 0 Å². The average Bonchev–Trinajstić information content (AvgIpc) is 2.27. The number of nitrogens with two attached hydrogens (primary N) is 1. The third-order valence-electron chi connectivity index (χ3n) is 1.76. The smallest absolute Gasteiger partial charge is 0.260 e. The highest BCUT2D eigenvalue weighted by atomic mass is 35.5. The maximum atomic E-state index is 11.4. The maximum Gasteiger partial charge on any atom is 0.260 e. The number of amides is 1. The topological polar surface area (TPSA) is 77.2 Å². The summed E-state index contributed by atoms with van der Waals surface area (Å²) in [5.41, 5.74) is 5.26. The Morgan fingerprint density at radius 2 is 2.29 bits per heavy atom. The first-order valence-corrected chi connectivity index (χ1v) is 4.78. The lowest BCUT2D eigenvalue weighted by Gasteiger charge is -2.13. The van der Waals surface area contributed by atoms with Gasteiger partial charge in [0.05, 0.1) is 6.20 Å². The molecule has 0 aliphatic carbocycles. The van der Waals surface area contributed by atoms with Gasteiger partial charge in [0.1, 0.15) is 5.75 Å². The molecule has 1 unspecified atom stereocenters. The molecule has 5 nitrogen and oxygen atoms in total. The van der Waals surface area contributed by atoms with E-state index in [1.54, 1.807) is 31.5 Å². The number of nitrogens with one attached hydrogen (secondary N) is 1. The van der Waals surface area contributed by atoms with Gasteiger partial charge in [0, 0.05) is 19.3 Å². The lowest BCUT2D eigenvalue weighted by atomic mass is 10.3. The Morgan fingerprint density at radius 3 is 2.82 bits per heavy atom. The number of aromatic nitrogens is 1. The molecule has 3 N–H and O–H groups in total. The number of carbonyl (C=O) groups excluding carboxylic acids is 1. The minimum absolute atomic E-state index is 0. The molecular formula is C10H17Cl2N3O2. The second kappa shape index (κ2) is 10.1. The first kappa shape index (κ1) is 18.3. The number of ether oxygens (including phenoxy) is 1. The largest absolute Gasteiger partial charge is 0.479 e. The molecule has 0 aliphatic heterocycles. The molecule has 0 aromatic carbocycles. The van der Waals surface area contributed by atoms with Gasteiger partial charge in [-0.2, -0.15) is 0 Å². The molecular weight excluding hydrogens is 265 g/mol. The number of halogens is 2. The summed E-state index contributed by atoms with van der Waals surface area (Å²) in [4.78, 5) is 15.3. The molecule has 1 aromatic heterocycles. The van der Waals surface area contributed by atoms with Crippen LogP contribution in [0.1, 0.15) is 6.92 Å². The van der Waals surface area contributed by atoms with E-state index in [9.17, 15) is 4.79 Å². The van der Waals surface area contributed by atoms with Crippen molar-refractivity contribution in [3.8, 4) is 5.75 Å². The SMILES string of the molecule is CC(Oc1cccnc1)C(=O)NCCN.Cl.Cl. The summed E-state index contributed by atoms with van der Waals surface area (Å²) in [6.45, 7) is 2.56. The highest BCUT2D eigenvalue weighted by molar-refractivity contribution is 5.85. The van der Waals surface area contributed by atoms with Crippen LogP contribution in [0.25, 0.3) is 0 Å². The van der Waals surface area contributed by atoms with Crippen molar-refractivity contribution in [2.75, 3.05) is 13.1 Å². The van der Waals surface area contributed by atoms with Crippen molar-refractivity contribution in [1.29, 1.82) is 0 Å². The van der Waals surface area contributed by atoms with E-state index in [2.05, 4.69) is 10.3 Å². The number of hydrogen-bond acceptors (Lipinski definition) is 4. The van der Waals surface area contributed by atoms with E-state index >= 15 is 0 Å². The molecule has 17 heavy (non-hydrogen) atoms. The maximum absolute atomic E-state index is 11.4. The van der Waals surface area contributed by atoms with E-state index in [1.165, 1.54) is 0 Å². The Balaban J connectivity index is 0. The first-order chi connectivity index (χ1) is 7.24. The van der Waals surface area contributed by atoms with Crippen LogP contribution in [0.5, 0.6) is 5.75 Å². The summed E-state index contributed by atoms with van der Waals surface area (Å²) in [7, 11) is 0. The third-order valence-corrected chi connectivity index (χ3v) is 1.76. The minimum Gasteiger partial charge on any atom is -0.479 e. The Labute approximate surface area is 113 Å². The minimum atomic E-state index is -0.541. The van der Waals surface area contributed by atoms with Gasteiger partial charge in [-0.15, -0.1) is 24.8 Å². The second-order valence-electron chi connectivity index (χ2n) is 3.03. The van der Waals surface area contributed by atoms with E-state index in [-0.39, 0.29) is 30.7 Å². The summed E-state index contributed by atoms with van der Waals surface area (Å²) >= 11 is 0. The van der Waals surface area contributed by atoms with Crippen molar-refractivity contribution in [3.63, 3.8) is 0 Å². The fourth-order valence-electron chi connectivity index (χ4n) is 1.01. The van der Waals surface area contributed by atoms with Crippen LogP contribution in [0, 0.1) is 0 Å². The first-order valence-electron chi connectivity index (χ1n) is 4.78. The van der Waals surface area contributed by atoms with Gasteiger partial charge in [0.2, 0.25) is 0 Å². The van der Waals surface area contributed by atoms with Crippen molar-refractivity contribution in [1.82, 2.24) is 10.3 Å². The van der Waals surface area contributed by atoms with E-state index in [0.29, 0.717) is 18.8 Å². The van der Waals surface area contributed by atoms with E-state index < -0.39 is 6.10 Å². The zero-order valence-electron chi connectivity index (χ0n) is 9.46. The molecule has 1 aromatic rings. The number of pyridine rings is 1. The second-order valence-corrected chi connectivity index (χ2v) is 3.03. The number of carbonyl (C=O) groups is 1. The lowest BCUT2D eigenvalue weighted by Crippen LogP contribution is -2.38. The number of rotatable bonds is 5. The summed E-state index contributed by atoms with van der Waals surface area (Å²) in [5.74, 6) is 0.400. The standard InChI is InChI=1S/C10H15N3O2.2ClH/c1-8(10(14)13-6-4-11)15-9-3-2-5-12-7-9;;/h2-3,5,7-8H,4,6,11H2,1H3,(H,13,14);2*1H. The molecule has 0 aliphatic rings. The fraction of sp³-hybridized carbons (Fsp3) is 0.400. The van der Waals surface area contributed by atoms with Crippen LogP contribution < -0.4 is 15.8 Å². The molecule has 0 saturated heterocycles. The monoisotopic (exact) mass is 281 g/mol. The molecule has 7 heteroatoms. The van der Waals surface area contributed by atoms with Crippen LogP contribution in [0.15, 0.2) is 24.5 Å². The molecule has 0 saturated carbocycles. The van der Waals surface area contributed by atoms with Crippen molar-refractivity contribution in [3.05, 3.63) is 24.5 Å².